The van der Waals surface area contributed by atoms with Crippen LogP contribution in [0.25, 0.3) is 11.0 Å². The molecule has 172 valence electrons. The first-order chi connectivity index (χ1) is 16.1. The molecule has 3 aromatic rings. The zero-order chi connectivity index (χ0) is 22.8. The van der Waals surface area contributed by atoms with Crippen LogP contribution in [0.1, 0.15) is 54.4 Å². The number of aromatic amines is 1. The summed E-state index contributed by atoms with van der Waals surface area (Å²) in [5, 5.41) is 7.72. The minimum absolute atomic E-state index is 0.0106. The number of aromatic nitrogens is 3. The largest absolute Gasteiger partial charge is 0.368 e. The summed E-state index contributed by atoms with van der Waals surface area (Å²) < 4.78 is 5.48. The monoisotopic (exact) mass is 467 g/mol. The number of carbonyl (C=O) groups excluding carboxylic acids is 2. The Kier molecular flexibility index (Phi) is 6.28. The number of ketones is 1. The van der Waals surface area contributed by atoms with E-state index in [1.165, 1.54) is 6.33 Å². The first-order valence-corrected chi connectivity index (χ1v) is 11.8. The van der Waals surface area contributed by atoms with Crippen LogP contribution in [0.4, 0.5) is 5.82 Å². The molecule has 0 bridgehead atoms. The van der Waals surface area contributed by atoms with Gasteiger partial charge in [-0.1, -0.05) is 23.7 Å². The van der Waals surface area contributed by atoms with Gasteiger partial charge in [0, 0.05) is 30.5 Å². The SMILES string of the molecule is O=C(c1ccccc1Cl)c1c[nH]c2ncnc(N[C@H]3CC[C@@H](NC(=O)[C@H]4CCCO4)CC3)c12. The van der Waals surface area contributed by atoms with Gasteiger partial charge in [-0.15, -0.1) is 0 Å². The van der Waals surface area contributed by atoms with Gasteiger partial charge in [0.1, 0.15) is 23.9 Å². The van der Waals surface area contributed by atoms with Crippen molar-refractivity contribution in [1.82, 2.24) is 20.3 Å². The summed E-state index contributed by atoms with van der Waals surface area (Å²) in [5.41, 5.74) is 1.52. The summed E-state index contributed by atoms with van der Waals surface area (Å²) in [6, 6.07) is 7.36. The highest BCUT2D eigenvalue weighted by molar-refractivity contribution is 6.35. The predicted octanol–water partition coefficient (Wildman–Crippen LogP) is 3.86. The molecule has 0 unspecified atom stereocenters. The summed E-state index contributed by atoms with van der Waals surface area (Å²) in [5.74, 6) is 0.463. The number of fused-ring (bicyclic) bond motifs is 1. The Labute approximate surface area is 196 Å². The molecule has 1 aliphatic heterocycles. The van der Waals surface area contributed by atoms with Crippen LogP contribution in [0.5, 0.6) is 0 Å². The topological polar surface area (TPSA) is 109 Å². The molecule has 0 radical (unpaired) electrons. The van der Waals surface area contributed by atoms with E-state index >= 15 is 0 Å². The number of halogens is 1. The summed E-state index contributed by atoms with van der Waals surface area (Å²) in [7, 11) is 0. The third-order valence-corrected chi connectivity index (χ3v) is 6.80. The minimum Gasteiger partial charge on any atom is -0.368 e. The number of amides is 1. The highest BCUT2D eigenvalue weighted by Crippen LogP contribution is 2.30. The number of hydrogen-bond donors (Lipinski definition) is 3. The highest BCUT2D eigenvalue weighted by atomic mass is 35.5. The number of nitrogens with zero attached hydrogens (tertiary/aromatic N) is 2. The number of H-pyrrole nitrogens is 1. The molecule has 3 heterocycles. The van der Waals surface area contributed by atoms with Gasteiger partial charge < -0.3 is 20.4 Å². The molecule has 1 aliphatic carbocycles. The van der Waals surface area contributed by atoms with E-state index in [1.54, 1.807) is 30.5 Å². The number of ether oxygens (including phenoxy) is 1. The molecule has 2 fully saturated rings. The molecule has 33 heavy (non-hydrogen) atoms. The molecule has 1 saturated carbocycles. The lowest BCUT2D eigenvalue weighted by atomic mass is 9.91. The van der Waals surface area contributed by atoms with Gasteiger partial charge in [0.2, 0.25) is 5.91 Å². The lowest BCUT2D eigenvalue weighted by Gasteiger charge is -2.30. The zero-order valence-corrected chi connectivity index (χ0v) is 18.9. The van der Waals surface area contributed by atoms with Crippen molar-refractivity contribution in [3.05, 3.63) is 52.9 Å². The van der Waals surface area contributed by atoms with Gasteiger partial charge in [-0.2, -0.15) is 0 Å². The summed E-state index contributed by atoms with van der Waals surface area (Å²) in [4.78, 5) is 37.3. The fourth-order valence-corrected chi connectivity index (χ4v) is 4.92. The lowest BCUT2D eigenvalue weighted by molar-refractivity contribution is -0.131. The molecular weight excluding hydrogens is 442 g/mol. The predicted molar refractivity (Wildman–Crippen MR) is 126 cm³/mol. The van der Waals surface area contributed by atoms with Crippen LogP contribution in [0.2, 0.25) is 5.02 Å². The second-order valence-corrected chi connectivity index (χ2v) is 9.07. The number of carbonyl (C=O) groups is 2. The quantitative estimate of drug-likeness (QED) is 0.475. The molecule has 3 N–H and O–H groups in total. The Morgan fingerprint density at radius 3 is 2.58 bits per heavy atom. The molecule has 1 saturated heterocycles. The number of benzene rings is 1. The van der Waals surface area contributed by atoms with Crippen LogP contribution in [0, 0.1) is 0 Å². The maximum absolute atomic E-state index is 13.2. The van der Waals surface area contributed by atoms with Gasteiger partial charge in [-0.25, -0.2) is 9.97 Å². The van der Waals surface area contributed by atoms with Crippen molar-refractivity contribution in [1.29, 1.82) is 0 Å². The van der Waals surface area contributed by atoms with E-state index in [9.17, 15) is 9.59 Å². The fraction of sp³-hybridized carbons (Fsp3) is 0.417. The minimum atomic E-state index is -0.294. The van der Waals surface area contributed by atoms with E-state index in [1.807, 2.05) is 0 Å². The van der Waals surface area contributed by atoms with E-state index in [-0.39, 0.29) is 29.9 Å². The molecule has 2 aliphatic rings. The van der Waals surface area contributed by atoms with Crippen LogP contribution < -0.4 is 10.6 Å². The van der Waals surface area contributed by atoms with Crippen molar-refractivity contribution in [2.45, 2.75) is 56.7 Å². The lowest BCUT2D eigenvalue weighted by Crippen LogP contribution is -2.44. The zero-order valence-electron chi connectivity index (χ0n) is 18.1. The smallest absolute Gasteiger partial charge is 0.249 e. The van der Waals surface area contributed by atoms with E-state index in [4.69, 9.17) is 16.3 Å². The normalized spacial score (nSPS) is 22.9. The summed E-state index contributed by atoms with van der Waals surface area (Å²) in [6.45, 7) is 0.669. The fourth-order valence-electron chi connectivity index (χ4n) is 4.70. The van der Waals surface area contributed by atoms with Crippen molar-refractivity contribution < 1.29 is 14.3 Å². The van der Waals surface area contributed by atoms with Gasteiger partial charge in [-0.05, 0) is 50.7 Å². The third-order valence-electron chi connectivity index (χ3n) is 6.47. The van der Waals surface area contributed by atoms with Crippen molar-refractivity contribution in [2.75, 3.05) is 11.9 Å². The van der Waals surface area contributed by atoms with E-state index < -0.39 is 0 Å². The molecule has 0 spiro atoms. The van der Waals surface area contributed by atoms with Crippen molar-refractivity contribution in [3.8, 4) is 0 Å². The molecule has 1 aromatic carbocycles. The Bertz CT molecular complexity index is 1170. The highest BCUT2D eigenvalue weighted by Gasteiger charge is 2.29. The number of hydrogen-bond acceptors (Lipinski definition) is 6. The van der Waals surface area contributed by atoms with Gasteiger partial charge in [0.05, 0.1) is 16.0 Å². The molecule has 5 rings (SSSR count). The van der Waals surface area contributed by atoms with Crippen molar-refractivity contribution >= 4 is 40.1 Å². The van der Waals surface area contributed by atoms with Crippen LogP contribution in [0.15, 0.2) is 36.8 Å². The maximum atomic E-state index is 13.2. The first-order valence-electron chi connectivity index (χ1n) is 11.4. The van der Waals surface area contributed by atoms with Gasteiger partial charge in [-0.3, -0.25) is 9.59 Å². The van der Waals surface area contributed by atoms with Crippen molar-refractivity contribution in [3.63, 3.8) is 0 Å². The third kappa shape index (κ3) is 4.58. The van der Waals surface area contributed by atoms with Crippen LogP contribution in [-0.4, -0.2) is 51.4 Å². The second kappa shape index (κ2) is 9.49. The summed E-state index contributed by atoms with van der Waals surface area (Å²) in [6.07, 6.45) is 8.14. The van der Waals surface area contributed by atoms with E-state index in [0.717, 1.165) is 38.5 Å². The van der Waals surface area contributed by atoms with Gasteiger partial charge in [0.15, 0.2) is 5.78 Å². The molecule has 1 atom stereocenters. The Hall–Kier alpha value is -2.97. The average molecular weight is 468 g/mol. The van der Waals surface area contributed by atoms with Crippen LogP contribution >= 0.6 is 11.6 Å². The standard InChI is InChI=1S/C24H26ClN5O3/c25-18-5-2-1-4-16(18)21(31)17-12-26-22-20(17)23(28-13-27-22)29-14-7-9-15(10-8-14)30-24(32)19-6-3-11-33-19/h1-2,4-5,12-15,19H,3,6-11H2,(H,30,32)(H2,26,27,28,29)/t14-,15+,19-/m1/s1. The second-order valence-electron chi connectivity index (χ2n) is 8.66. The molecule has 9 heteroatoms. The molecule has 1 amide bonds. The number of nitrogens with one attached hydrogen (secondary N) is 3. The number of rotatable bonds is 6. The average Bonchev–Trinajstić information content (AvgIpc) is 3.51. The van der Waals surface area contributed by atoms with Crippen molar-refractivity contribution in [2.24, 2.45) is 0 Å². The first kappa shape index (κ1) is 21.9. The molecule has 8 nitrogen and oxygen atoms in total. The van der Waals surface area contributed by atoms with Gasteiger partial charge >= 0.3 is 0 Å². The molecular formula is C24H26ClN5O3. The van der Waals surface area contributed by atoms with Gasteiger partial charge in [0.25, 0.3) is 0 Å². The van der Waals surface area contributed by atoms with Crippen LogP contribution in [-0.2, 0) is 9.53 Å². The molecule has 2 aromatic heterocycles. The Morgan fingerprint density at radius 1 is 1.03 bits per heavy atom. The van der Waals surface area contributed by atoms with E-state index in [2.05, 4.69) is 25.6 Å². The maximum Gasteiger partial charge on any atom is 0.249 e. The Morgan fingerprint density at radius 2 is 1.82 bits per heavy atom. The summed E-state index contributed by atoms with van der Waals surface area (Å²) >= 11 is 6.26. The Balaban J connectivity index is 1.28. The number of anilines is 1. The van der Waals surface area contributed by atoms with Crippen LogP contribution in [0.3, 0.4) is 0 Å². The van der Waals surface area contributed by atoms with E-state index in [0.29, 0.717) is 39.6 Å².